The Labute approximate surface area is 175 Å². The van der Waals surface area contributed by atoms with Gasteiger partial charge in [0.2, 0.25) is 0 Å². The van der Waals surface area contributed by atoms with Gasteiger partial charge >= 0.3 is 0 Å². The second-order valence-corrected chi connectivity index (χ2v) is 7.38. The summed E-state index contributed by atoms with van der Waals surface area (Å²) >= 11 is 12.4. The van der Waals surface area contributed by atoms with Gasteiger partial charge < -0.3 is 14.6 Å². The highest BCUT2D eigenvalue weighted by molar-refractivity contribution is 6.35. The largest absolute Gasteiger partial charge is 0.497 e. The van der Waals surface area contributed by atoms with Crippen molar-refractivity contribution in [2.75, 3.05) is 14.2 Å². The van der Waals surface area contributed by atoms with Crippen LogP contribution in [0.5, 0.6) is 11.5 Å². The maximum atomic E-state index is 11.2. The molecular formula is C23H22Cl2O3. The molecule has 28 heavy (non-hydrogen) atoms. The van der Waals surface area contributed by atoms with Crippen molar-refractivity contribution in [1.29, 1.82) is 0 Å². The maximum absolute atomic E-state index is 11.2. The molecule has 1 N–H and O–H groups in total. The lowest BCUT2D eigenvalue weighted by Crippen LogP contribution is -2.14. The molecule has 3 nitrogen and oxygen atoms in total. The third-order valence-electron chi connectivity index (χ3n) is 4.84. The normalized spacial score (nSPS) is 13.0. The summed E-state index contributed by atoms with van der Waals surface area (Å²) in [4.78, 5) is 0. The van der Waals surface area contributed by atoms with E-state index < -0.39 is 6.10 Å². The Kier molecular flexibility index (Phi) is 6.84. The quantitative estimate of drug-likeness (QED) is 0.507. The van der Waals surface area contributed by atoms with Crippen molar-refractivity contribution in [1.82, 2.24) is 0 Å². The van der Waals surface area contributed by atoms with Gasteiger partial charge in [0.1, 0.15) is 11.5 Å². The molecule has 3 aromatic carbocycles. The van der Waals surface area contributed by atoms with E-state index in [1.165, 1.54) is 0 Å². The van der Waals surface area contributed by atoms with Gasteiger partial charge in [0.05, 0.1) is 20.3 Å². The van der Waals surface area contributed by atoms with Gasteiger partial charge in [-0.3, -0.25) is 0 Å². The average molecular weight is 417 g/mol. The topological polar surface area (TPSA) is 38.7 Å². The fraction of sp³-hybridized carbons (Fsp3) is 0.217. The molecule has 0 saturated carbocycles. The van der Waals surface area contributed by atoms with Crippen LogP contribution in [0.2, 0.25) is 10.0 Å². The number of aliphatic hydroxyl groups is 1. The standard InChI is InChI=1S/C23H22Cl2O3/c1-27-19-9-4-15(5-10-19)21(13-17-3-8-18(24)14-22(17)25)23(26)16-6-11-20(28-2)12-7-16/h3-12,14,21,23,26H,13H2,1-2H3. The summed E-state index contributed by atoms with van der Waals surface area (Å²) in [6, 6.07) is 20.6. The number of hydrogen-bond donors (Lipinski definition) is 1. The fourth-order valence-corrected chi connectivity index (χ4v) is 3.71. The summed E-state index contributed by atoms with van der Waals surface area (Å²) in [6.07, 6.45) is -0.152. The van der Waals surface area contributed by atoms with E-state index in [1.54, 1.807) is 20.3 Å². The zero-order valence-electron chi connectivity index (χ0n) is 15.7. The minimum atomic E-state index is -0.717. The summed E-state index contributed by atoms with van der Waals surface area (Å²) in [7, 11) is 3.25. The van der Waals surface area contributed by atoms with E-state index in [4.69, 9.17) is 32.7 Å². The molecule has 2 unspecified atom stereocenters. The highest BCUT2D eigenvalue weighted by atomic mass is 35.5. The van der Waals surface area contributed by atoms with Crippen molar-refractivity contribution in [2.45, 2.75) is 18.4 Å². The smallest absolute Gasteiger partial charge is 0.118 e. The summed E-state index contributed by atoms with van der Waals surface area (Å²) < 4.78 is 10.5. The van der Waals surface area contributed by atoms with E-state index in [0.717, 1.165) is 28.2 Å². The van der Waals surface area contributed by atoms with Crippen molar-refractivity contribution in [3.63, 3.8) is 0 Å². The van der Waals surface area contributed by atoms with E-state index in [9.17, 15) is 5.11 Å². The van der Waals surface area contributed by atoms with Gasteiger partial charge in [-0.05, 0) is 59.5 Å². The third kappa shape index (κ3) is 4.79. The Morgan fingerprint density at radius 3 is 1.82 bits per heavy atom. The molecule has 0 fully saturated rings. The molecule has 0 aromatic heterocycles. The van der Waals surface area contributed by atoms with Gasteiger partial charge in [-0.1, -0.05) is 53.5 Å². The summed E-state index contributed by atoms with van der Waals surface area (Å²) in [5.41, 5.74) is 2.74. The van der Waals surface area contributed by atoms with Crippen LogP contribution in [0, 0.1) is 0 Å². The van der Waals surface area contributed by atoms with Crippen LogP contribution in [0.25, 0.3) is 0 Å². The maximum Gasteiger partial charge on any atom is 0.118 e. The molecule has 0 radical (unpaired) electrons. The lowest BCUT2D eigenvalue weighted by molar-refractivity contribution is 0.144. The Morgan fingerprint density at radius 2 is 1.32 bits per heavy atom. The summed E-state index contributed by atoms with van der Waals surface area (Å²) in [5, 5.41) is 12.4. The van der Waals surface area contributed by atoms with Crippen LogP contribution in [-0.2, 0) is 6.42 Å². The monoisotopic (exact) mass is 416 g/mol. The van der Waals surface area contributed by atoms with Crippen LogP contribution < -0.4 is 9.47 Å². The molecule has 3 rings (SSSR count). The van der Waals surface area contributed by atoms with Crippen molar-refractivity contribution < 1.29 is 14.6 Å². The molecule has 0 heterocycles. The van der Waals surface area contributed by atoms with Gasteiger partial charge in [0.15, 0.2) is 0 Å². The van der Waals surface area contributed by atoms with Crippen molar-refractivity contribution in [3.8, 4) is 11.5 Å². The predicted octanol–water partition coefficient (Wildman–Crippen LogP) is 6.07. The molecule has 0 saturated heterocycles. The van der Waals surface area contributed by atoms with Gasteiger partial charge in [-0.25, -0.2) is 0 Å². The van der Waals surface area contributed by atoms with Gasteiger partial charge in [0, 0.05) is 16.0 Å². The first kappa shape index (κ1) is 20.5. The number of methoxy groups -OCH3 is 2. The van der Waals surface area contributed by atoms with Gasteiger partial charge in [-0.2, -0.15) is 0 Å². The molecule has 3 aromatic rings. The molecule has 5 heteroatoms. The fourth-order valence-electron chi connectivity index (χ4n) is 3.22. The number of aliphatic hydroxyl groups excluding tert-OH is 1. The van der Waals surface area contributed by atoms with E-state index in [1.807, 2.05) is 60.7 Å². The number of rotatable bonds is 7. The number of benzene rings is 3. The first-order valence-corrected chi connectivity index (χ1v) is 9.67. The number of hydrogen-bond acceptors (Lipinski definition) is 3. The summed E-state index contributed by atoms with van der Waals surface area (Å²) in [5.74, 6) is 1.32. The van der Waals surface area contributed by atoms with Crippen molar-refractivity contribution in [2.24, 2.45) is 0 Å². The Bertz CT molecular complexity index is 908. The van der Waals surface area contributed by atoms with E-state index >= 15 is 0 Å². The molecule has 0 spiro atoms. The molecule has 0 aliphatic carbocycles. The van der Waals surface area contributed by atoms with Crippen LogP contribution in [0.15, 0.2) is 66.7 Å². The predicted molar refractivity (Wildman–Crippen MR) is 114 cm³/mol. The second-order valence-electron chi connectivity index (χ2n) is 6.54. The molecule has 2 atom stereocenters. The summed E-state index contributed by atoms with van der Waals surface area (Å²) in [6.45, 7) is 0. The lowest BCUT2D eigenvalue weighted by Gasteiger charge is -2.25. The van der Waals surface area contributed by atoms with Gasteiger partial charge in [0.25, 0.3) is 0 Å². The Morgan fingerprint density at radius 1 is 0.786 bits per heavy atom. The first-order chi connectivity index (χ1) is 13.5. The van der Waals surface area contributed by atoms with Gasteiger partial charge in [-0.15, -0.1) is 0 Å². The first-order valence-electron chi connectivity index (χ1n) is 8.91. The third-order valence-corrected chi connectivity index (χ3v) is 5.42. The average Bonchev–Trinajstić information content (AvgIpc) is 2.73. The zero-order valence-corrected chi connectivity index (χ0v) is 17.2. The molecular weight excluding hydrogens is 395 g/mol. The number of ether oxygens (including phenoxy) is 2. The van der Waals surface area contributed by atoms with E-state index in [-0.39, 0.29) is 5.92 Å². The highest BCUT2D eigenvalue weighted by Gasteiger charge is 2.24. The van der Waals surface area contributed by atoms with Crippen LogP contribution in [0.1, 0.15) is 28.7 Å². The number of halogens is 2. The van der Waals surface area contributed by atoms with Crippen molar-refractivity contribution >= 4 is 23.2 Å². The Hall–Kier alpha value is -2.20. The van der Waals surface area contributed by atoms with Crippen LogP contribution in [0.3, 0.4) is 0 Å². The Balaban J connectivity index is 1.96. The zero-order chi connectivity index (χ0) is 20.1. The van der Waals surface area contributed by atoms with Crippen molar-refractivity contribution in [3.05, 3.63) is 93.5 Å². The van der Waals surface area contributed by atoms with Crippen LogP contribution >= 0.6 is 23.2 Å². The molecule has 146 valence electrons. The molecule has 0 aliphatic rings. The van der Waals surface area contributed by atoms with Crippen LogP contribution in [-0.4, -0.2) is 19.3 Å². The minimum Gasteiger partial charge on any atom is -0.497 e. The molecule has 0 amide bonds. The molecule has 0 bridgehead atoms. The second kappa shape index (κ2) is 9.33. The highest BCUT2D eigenvalue weighted by Crippen LogP contribution is 2.37. The van der Waals surface area contributed by atoms with E-state index in [2.05, 4.69) is 0 Å². The lowest BCUT2D eigenvalue weighted by atomic mass is 9.84. The van der Waals surface area contributed by atoms with E-state index in [0.29, 0.717) is 16.5 Å². The SMILES string of the molecule is COc1ccc(C(O)C(Cc2ccc(Cl)cc2Cl)c2ccc(OC)cc2)cc1. The molecule has 0 aliphatic heterocycles. The minimum absolute atomic E-state index is 0.196. The van der Waals surface area contributed by atoms with Crippen LogP contribution in [0.4, 0.5) is 0 Å².